The van der Waals surface area contributed by atoms with Crippen LogP contribution in [0.15, 0.2) is 12.1 Å². The smallest absolute Gasteiger partial charge is 0.323 e. The number of methoxy groups -OCH3 is 1. The number of carbonyl (C=O) groups is 1. The molecule has 0 spiro atoms. The highest BCUT2D eigenvalue weighted by atomic mass is 32.1. The van der Waals surface area contributed by atoms with Crippen molar-refractivity contribution >= 4 is 38.4 Å². The number of anilines is 2. The molecule has 174 valence electrons. The molecule has 3 saturated heterocycles. The normalized spacial score (nSPS) is 21.2. The van der Waals surface area contributed by atoms with Gasteiger partial charge in [-0.15, -0.1) is 0 Å². The number of rotatable bonds is 4. The molecule has 1 aromatic carbocycles. The Kier molecular flexibility index (Phi) is 6.66. The molecule has 1 aromatic heterocycles. The summed E-state index contributed by atoms with van der Waals surface area (Å²) < 4.78 is 12.1. The molecule has 0 atom stereocenters. The number of nitrogens with zero attached hydrogens (tertiary/aromatic N) is 4. The zero-order valence-electron chi connectivity index (χ0n) is 18.8. The van der Waals surface area contributed by atoms with Gasteiger partial charge in [0.15, 0.2) is 5.13 Å². The molecule has 0 radical (unpaired) electrons. The zero-order valence-corrected chi connectivity index (χ0v) is 19.7. The zero-order chi connectivity index (χ0) is 21.9. The number of nitrogens with one attached hydrogen (secondary N) is 1. The van der Waals surface area contributed by atoms with E-state index in [9.17, 15) is 4.79 Å². The van der Waals surface area contributed by atoms with Crippen molar-refractivity contribution in [1.29, 1.82) is 0 Å². The van der Waals surface area contributed by atoms with Gasteiger partial charge in [0, 0.05) is 32.2 Å². The second-order valence-electron chi connectivity index (χ2n) is 8.83. The quantitative estimate of drug-likeness (QED) is 0.753. The molecule has 0 saturated carbocycles. The maximum Gasteiger partial charge on any atom is 0.323 e. The monoisotopic (exact) mass is 459 g/mol. The van der Waals surface area contributed by atoms with Gasteiger partial charge in [0.05, 0.1) is 30.7 Å². The lowest BCUT2D eigenvalue weighted by Gasteiger charge is -2.40. The SMILES string of the molecule is COc1ccc(N2CCOCC2)c2sc(NC(=O)N3CCC(N4CCCCC4)CC3)nc12. The Morgan fingerprint density at radius 3 is 2.56 bits per heavy atom. The highest BCUT2D eigenvalue weighted by molar-refractivity contribution is 7.23. The van der Waals surface area contributed by atoms with E-state index < -0.39 is 0 Å². The largest absolute Gasteiger partial charge is 0.494 e. The molecule has 32 heavy (non-hydrogen) atoms. The van der Waals surface area contributed by atoms with E-state index in [2.05, 4.69) is 21.2 Å². The minimum absolute atomic E-state index is 0.0481. The molecule has 2 amide bonds. The van der Waals surface area contributed by atoms with Crippen molar-refractivity contribution in [3.05, 3.63) is 12.1 Å². The predicted molar refractivity (Wildman–Crippen MR) is 128 cm³/mol. The molecule has 2 aromatic rings. The van der Waals surface area contributed by atoms with E-state index in [1.807, 2.05) is 11.0 Å². The van der Waals surface area contributed by atoms with Gasteiger partial charge in [-0.25, -0.2) is 9.78 Å². The van der Waals surface area contributed by atoms with Gasteiger partial charge in [-0.2, -0.15) is 0 Å². The summed E-state index contributed by atoms with van der Waals surface area (Å²) in [5.74, 6) is 0.733. The van der Waals surface area contributed by atoms with Crippen LogP contribution in [0, 0.1) is 0 Å². The molecule has 9 heteroatoms. The van der Waals surface area contributed by atoms with Crippen LogP contribution in [0.5, 0.6) is 5.75 Å². The predicted octanol–water partition coefficient (Wildman–Crippen LogP) is 3.62. The van der Waals surface area contributed by atoms with Crippen LogP contribution in [0.1, 0.15) is 32.1 Å². The van der Waals surface area contributed by atoms with Crippen LogP contribution in [0.25, 0.3) is 10.2 Å². The van der Waals surface area contributed by atoms with E-state index in [-0.39, 0.29) is 6.03 Å². The maximum absolute atomic E-state index is 13.0. The Labute approximate surface area is 193 Å². The number of amides is 2. The first-order valence-corrected chi connectivity index (χ1v) is 12.6. The van der Waals surface area contributed by atoms with Crippen LogP contribution < -0.4 is 15.0 Å². The van der Waals surface area contributed by atoms with Gasteiger partial charge in [-0.1, -0.05) is 17.8 Å². The first-order valence-electron chi connectivity index (χ1n) is 11.8. The number of likely N-dealkylation sites (tertiary alicyclic amines) is 2. The number of benzene rings is 1. The van der Waals surface area contributed by atoms with E-state index in [4.69, 9.17) is 14.5 Å². The fourth-order valence-electron chi connectivity index (χ4n) is 5.13. The van der Waals surface area contributed by atoms with Gasteiger partial charge in [0.2, 0.25) is 0 Å². The average molecular weight is 460 g/mol. The molecule has 1 N–H and O–H groups in total. The van der Waals surface area contributed by atoms with E-state index in [1.165, 1.54) is 43.7 Å². The summed E-state index contributed by atoms with van der Waals surface area (Å²) in [7, 11) is 1.66. The number of ether oxygens (including phenoxy) is 2. The number of fused-ring (bicyclic) bond motifs is 1. The number of hydrogen-bond donors (Lipinski definition) is 1. The summed E-state index contributed by atoms with van der Waals surface area (Å²) in [6.45, 7) is 7.21. The van der Waals surface area contributed by atoms with Crippen LogP contribution in [-0.2, 0) is 4.74 Å². The van der Waals surface area contributed by atoms with Crippen molar-refractivity contribution in [2.45, 2.75) is 38.1 Å². The highest BCUT2D eigenvalue weighted by Gasteiger charge is 2.28. The summed E-state index contributed by atoms with van der Waals surface area (Å²) in [4.78, 5) is 24.6. The maximum atomic E-state index is 13.0. The minimum atomic E-state index is -0.0481. The van der Waals surface area contributed by atoms with Crippen LogP contribution >= 0.6 is 11.3 Å². The van der Waals surface area contributed by atoms with Crippen LogP contribution in [0.2, 0.25) is 0 Å². The molecule has 0 aliphatic carbocycles. The van der Waals surface area contributed by atoms with E-state index in [0.717, 1.165) is 73.9 Å². The number of hydrogen-bond acceptors (Lipinski definition) is 7. The lowest BCUT2D eigenvalue weighted by atomic mass is 10.0. The van der Waals surface area contributed by atoms with Crippen LogP contribution in [-0.4, -0.2) is 86.4 Å². The van der Waals surface area contributed by atoms with Gasteiger partial charge >= 0.3 is 6.03 Å². The third kappa shape index (κ3) is 4.51. The van der Waals surface area contributed by atoms with Crippen molar-refractivity contribution in [2.75, 3.05) is 69.8 Å². The summed E-state index contributed by atoms with van der Waals surface area (Å²) in [5.41, 5.74) is 1.94. The van der Waals surface area contributed by atoms with Crippen molar-refractivity contribution in [3.63, 3.8) is 0 Å². The fourth-order valence-corrected chi connectivity index (χ4v) is 6.14. The Hall–Kier alpha value is -2.10. The molecule has 3 aliphatic rings. The third-order valence-electron chi connectivity index (χ3n) is 6.93. The Morgan fingerprint density at radius 2 is 1.84 bits per heavy atom. The average Bonchev–Trinajstić information content (AvgIpc) is 3.28. The van der Waals surface area contributed by atoms with E-state index in [0.29, 0.717) is 11.2 Å². The second kappa shape index (κ2) is 9.80. The number of urea groups is 1. The summed E-state index contributed by atoms with van der Waals surface area (Å²) in [5, 5.41) is 3.69. The summed E-state index contributed by atoms with van der Waals surface area (Å²) in [6, 6.07) is 4.63. The molecular weight excluding hydrogens is 426 g/mol. The fraction of sp³-hybridized carbons (Fsp3) is 0.652. The van der Waals surface area contributed by atoms with Gasteiger partial charge < -0.3 is 24.2 Å². The first-order chi connectivity index (χ1) is 15.7. The second-order valence-corrected chi connectivity index (χ2v) is 9.83. The van der Waals surface area contributed by atoms with Crippen molar-refractivity contribution in [2.24, 2.45) is 0 Å². The number of thiazole rings is 1. The van der Waals surface area contributed by atoms with Crippen molar-refractivity contribution < 1.29 is 14.3 Å². The Bertz CT molecular complexity index is 931. The number of aromatic nitrogens is 1. The lowest BCUT2D eigenvalue weighted by molar-refractivity contribution is 0.104. The Morgan fingerprint density at radius 1 is 1.09 bits per heavy atom. The highest BCUT2D eigenvalue weighted by Crippen LogP contribution is 2.39. The standard InChI is InChI=1S/C23H33N5O3S/c1-30-19-6-5-18(27-13-15-31-16-14-27)21-20(19)24-22(32-21)25-23(29)28-11-7-17(8-12-28)26-9-3-2-4-10-26/h5-6,17H,2-4,7-16H2,1H3,(H,24,25,29). The van der Waals surface area contributed by atoms with Crippen LogP contribution in [0.4, 0.5) is 15.6 Å². The Balaban J connectivity index is 1.27. The molecule has 3 fully saturated rings. The molecule has 5 rings (SSSR count). The third-order valence-corrected chi connectivity index (χ3v) is 7.92. The van der Waals surface area contributed by atoms with Gasteiger partial charge in [-0.05, 0) is 50.9 Å². The van der Waals surface area contributed by atoms with Crippen molar-refractivity contribution in [3.8, 4) is 5.75 Å². The number of piperidine rings is 2. The number of morpholine rings is 1. The minimum Gasteiger partial charge on any atom is -0.494 e. The summed E-state index contributed by atoms with van der Waals surface area (Å²) in [6.07, 6.45) is 6.10. The molecule has 3 aliphatic heterocycles. The van der Waals surface area contributed by atoms with Gasteiger partial charge in [0.1, 0.15) is 11.3 Å². The van der Waals surface area contributed by atoms with Crippen molar-refractivity contribution in [1.82, 2.24) is 14.8 Å². The molecular formula is C23H33N5O3S. The van der Waals surface area contributed by atoms with Gasteiger partial charge in [-0.3, -0.25) is 5.32 Å². The van der Waals surface area contributed by atoms with Gasteiger partial charge in [0.25, 0.3) is 0 Å². The number of carbonyl (C=O) groups excluding carboxylic acids is 1. The summed E-state index contributed by atoms with van der Waals surface area (Å²) >= 11 is 1.52. The van der Waals surface area contributed by atoms with E-state index in [1.54, 1.807) is 7.11 Å². The van der Waals surface area contributed by atoms with Crippen LogP contribution in [0.3, 0.4) is 0 Å². The molecule has 0 bridgehead atoms. The first kappa shape index (κ1) is 21.7. The molecule has 0 unspecified atom stereocenters. The lowest BCUT2D eigenvalue weighted by Crippen LogP contribution is -2.49. The molecule has 4 heterocycles. The molecule has 8 nitrogen and oxygen atoms in total. The topological polar surface area (TPSA) is 70.2 Å². The van der Waals surface area contributed by atoms with E-state index >= 15 is 0 Å².